The van der Waals surface area contributed by atoms with Gasteiger partial charge in [-0.15, -0.1) is 11.3 Å². The van der Waals surface area contributed by atoms with E-state index in [0.717, 1.165) is 4.88 Å². The molecule has 0 amide bonds. The smallest absolute Gasteiger partial charge is 0.310 e. The maximum Gasteiger partial charge on any atom is 0.310 e. The third-order valence-electron chi connectivity index (χ3n) is 3.09. The van der Waals surface area contributed by atoms with E-state index < -0.39 is 11.8 Å². The molecule has 0 aliphatic rings. The first kappa shape index (κ1) is 15.7. The number of benzene rings is 1. The van der Waals surface area contributed by atoms with Crippen LogP contribution in [0.3, 0.4) is 0 Å². The highest BCUT2D eigenvalue weighted by Crippen LogP contribution is 2.25. The van der Waals surface area contributed by atoms with Crippen molar-refractivity contribution in [1.29, 1.82) is 0 Å². The fraction of sp³-hybridized carbons (Fsp3) is 0.125. The van der Waals surface area contributed by atoms with E-state index in [1.165, 1.54) is 29.5 Å². The molecular formula is C16H11ClFNO3S. The topological polar surface area (TPSA) is 52.3 Å². The molecule has 0 atom stereocenters. The predicted molar refractivity (Wildman–Crippen MR) is 84.7 cm³/mol. The highest BCUT2D eigenvalue weighted by atomic mass is 35.5. The summed E-state index contributed by atoms with van der Waals surface area (Å²) in [6, 6.07) is 9.77. The summed E-state index contributed by atoms with van der Waals surface area (Å²) >= 11 is 7.40. The van der Waals surface area contributed by atoms with Crippen molar-refractivity contribution in [3.05, 3.63) is 63.9 Å². The van der Waals surface area contributed by atoms with Crippen LogP contribution in [0, 0.1) is 5.82 Å². The van der Waals surface area contributed by atoms with Crippen molar-refractivity contribution in [2.24, 2.45) is 0 Å². The van der Waals surface area contributed by atoms with Gasteiger partial charge in [0.05, 0.1) is 11.3 Å². The normalized spacial score (nSPS) is 10.7. The maximum atomic E-state index is 13.6. The molecule has 0 bridgehead atoms. The minimum Gasteiger partial charge on any atom is -0.459 e. The molecule has 0 unspecified atom stereocenters. The number of aromatic nitrogens is 1. The van der Waals surface area contributed by atoms with Crippen LogP contribution in [0.15, 0.2) is 46.3 Å². The van der Waals surface area contributed by atoms with Crippen LogP contribution >= 0.6 is 22.9 Å². The first-order chi connectivity index (χ1) is 11.1. The van der Waals surface area contributed by atoms with Crippen LogP contribution in [0.1, 0.15) is 11.3 Å². The molecule has 3 rings (SSSR count). The summed E-state index contributed by atoms with van der Waals surface area (Å²) in [4.78, 5) is 12.8. The van der Waals surface area contributed by atoms with Gasteiger partial charge in [-0.05, 0) is 23.6 Å². The van der Waals surface area contributed by atoms with Gasteiger partial charge in [-0.25, -0.2) is 4.39 Å². The molecule has 0 N–H and O–H groups in total. The molecule has 118 valence electrons. The zero-order valence-corrected chi connectivity index (χ0v) is 13.4. The number of thiophene rings is 1. The molecular weight excluding hydrogens is 341 g/mol. The summed E-state index contributed by atoms with van der Waals surface area (Å²) in [6.45, 7) is -0.0419. The van der Waals surface area contributed by atoms with Crippen LogP contribution in [-0.2, 0) is 22.6 Å². The zero-order valence-electron chi connectivity index (χ0n) is 11.8. The molecule has 0 spiro atoms. The van der Waals surface area contributed by atoms with Gasteiger partial charge in [-0.3, -0.25) is 4.79 Å². The van der Waals surface area contributed by atoms with Crippen molar-refractivity contribution in [2.45, 2.75) is 13.0 Å². The van der Waals surface area contributed by atoms with Gasteiger partial charge in [0.2, 0.25) is 0 Å². The number of carbonyl (C=O) groups is 1. The van der Waals surface area contributed by atoms with Crippen molar-refractivity contribution in [3.8, 4) is 10.6 Å². The minimum absolute atomic E-state index is 0.0419. The predicted octanol–water partition coefficient (Wildman–Crippen LogP) is 4.48. The van der Waals surface area contributed by atoms with Crippen molar-refractivity contribution in [2.75, 3.05) is 0 Å². The number of carbonyl (C=O) groups excluding carboxylic acids is 1. The molecule has 0 fully saturated rings. The molecule has 0 aliphatic carbocycles. The van der Waals surface area contributed by atoms with Gasteiger partial charge in [0.25, 0.3) is 0 Å². The van der Waals surface area contributed by atoms with Crippen molar-refractivity contribution < 1.29 is 18.4 Å². The highest BCUT2D eigenvalue weighted by Gasteiger charge is 2.14. The molecule has 0 saturated heterocycles. The largest absolute Gasteiger partial charge is 0.459 e. The van der Waals surface area contributed by atoms with Crippen LogP contribution in [0.4, 0.5) is 4.39 Å². The lowest BCUT2D eigenvalue weighted by Crippen LogP contribution is -2.09. The summed E-state index contributed by atoms with van der Waals surface area (Å²) in [5.41, 5.74) is 0.611. The lowest BCUT2D eigenvalue weighted by molar-refractivity contribution is -0.144. The van der Waals surface area contributed by atoms with Crippen LogP contribution in [0.5, 0.6) is 0 Å². The van der Waals surface area contributed by atoms with Crippen LogP contribution in [0.2, 0.25) is 5.02 Å². The highest BCUT2D eigenvalue weighted by molar-refractivity contribution is 7.13. The average molecular weight is 352 g/mol. The standard InChI is InChI=1S/C16H11ClFNO3S/c17-12-3-1-4-13(18)11(12)8-16(20)21-9-10-7-14(22-19-10)15-5-2-6-23-15/h1-7H,8-9H2. The maximum absolute atomic E-state index is 13.6. The molecule has 2 heterocycles. The Morgan fingerprint density at radius 2 is 2.22 bits per heavy atom. The summed E-state index contributed by atoms with van der Waals surface area (Å²) in [6.07, 6.45) is -0.235. The molecule has 4 nitrogen and oxygen atoms in total. The molecule has 2 aromatic heterocycles. The van der Waals surface area contributed by atoms with E-state index in [9.17, 15) is 9.18 Å². The van der Waals surface area contributed by atoms with E-state index in [0.29, 0.717) is 11.5 Å². The van der Waals surface area contributed by atoms with Crippen molar-refractivity contribution >= 4 is 28.9 Å². The summed E-state index contributed by atoms with van der Waals surface area (Å²) in [5, 5.41) is 5.96. The Labute approximate surface area is 140 Å². The Hall–Kier alpha value is -2.18. The van der Waals surface area contributed by atoms with Crippen LogP contribution in [-0.4, -0.2) is 11.1 Å². The van der Waals surface area contributed by atoms with E-state index >= 15 is 0 Å². The first-order valence-electron chi connectivity index (χ1n) is 6.71. The number of nitrogens with zero attached hydrogens (tertiary/aromatic N) is 1. The average Bonchev–Trinajstić information content (AvgIpc) is 3.19. The van der Waals surface area contributed by atoms with E-state index in [2.05, 4.69) is 5.16 Å². The molecule has 23 heavy (non-hydrogen) atoms. The van der Waals surface area contributed by atoms with Crippen LogP contribution in [0.25, 0.3) is 10.6 Å². The quantitative estimate of drug-likeness (QED) is 0.636. The van der Waals surface area contributed by atoms with Crippen molar-refractivity contribution in [1.82, 2.24) is 5.16 Å². The number of ether oxygens (including phenoxy) is 1. The fourth-order valence-corrected chi connectivity index (χ4v) is 2.87. The van der Waals surface area contributed by atoms with Gasteiger partial charge >= 0.3 is 5.97 Å². The third kappa shape index (κ3) is 3.78. The SMILES string of the molecule is O=C(Cc1c(F)cccc1Cl)OCc1cc(-c2cccs2)on1. The first-order valence-corrected chi connectivity index (χ1v) is 7.97. The lowest BCUT2D eigenvalue weighted by Gasteiger charge is -2.05. The lowest BCUT2D eigenvalue weighted by atomic mass is 10.1. The summed E-state index contributed by atoms with van der Waals surface area (Å²) < 4.78 is 23.9. The van der Waals surface area contributed by atoms with Crippen molar-refractivity contribution in [3.63, 3.8) is 0 Å². The third-order valence-corrected chi connectivity index (χ3v) is 4.33. The molecule has 0 radical (unpaired) electrons. The van der Waals surface area contributed by atoms with Crippen LogP contribution < -0.4 is 0 Å². The minimum atomic E-state index is -0.585. The summed E-state index contributed by atoms with van der Waals surface area (Å²) in [5.74, 6) is -0.503. The molecule has 7 heteroatoms. The molecule has 1 aromatic carbocycles. The Kier molecular flexibility index (Phi) is 4.73. The second-order valence-corrected chi connectivity index (χ2v) is 6.05. The van der Waals surface area contributed by atoms with Gasteiger partial charge < -0.3 is 9.26 Å². The zero-order chi connectivity index (χ0) is 16.2. The number of hydrogen-bond acceptors (Lipinski definition) is 5. The van der Waals surface area contributed by atoms with E-state index in [1.54, 1.807) is 6.07 Å². The van der Waals surface area contributed by atoms with E-state index in [1.807, 2.05) is 17.5 Å². The van der Waals surface area contributed by atoms with Gasteiger partial charge in [0, 0.05) is 16.7 Å². The van der Waals surface area contributed by atoms with Gasteiger partial charge in [0.1, 0.15) is 18.1 Å². The molecule has 0 aliphatic heterocycles. The number of hydrogen-bond donors (Lipinski definition) is 0. The van der Waals surface area contributed by atoms with E-state index in [4.69, 9.17) is 20.9 Å². The second kappa shape index (κ2) is 6.93. The fourth-order valence-electron chi connectivity index (χ4n) is 1.97. The monoisotopic (exact) mass is 351 g/mol. The Morgan fingerprint density at radius 1 is 1.35 bits per heavy atom. The number of rotatable bonds is 5. The Morgan fingerprint density at radius 3 is 2.96 bits per heavy atom. The van der Waals surface area contributed by atoms with Gasteiger partial charge in [0.15, 0.2) is 5.76 Å². The van der Waals surface area contributed by atoms with Gasteiger partial charge in [-0.2, -0.15) is 0 Å². The van der Waals surface area contributed by atoms with Gasteiger partial charge in [-0.1, -0.05) is 28.9 Å². The molecule has 3 aromatic rings. The summed E-state index contributed by atoms with van der Waals surface area (Å²) in [7, 11) is 0. The molecule has 0 saturated carbocycles. The second-order valence-electron chi connectivity index (χ2n) is 4.70. The number of esters is 1. The Balaban J connectivity index is 1.59. The Bertz CT molecular complexity index is 796. The number of halogens is 2. The van der Waals surface area contributed by atoms with E-state index in [-0.39, 0.29) is 23.6 Å².